The van der Waals surface area contributed by atoms with Crippen LogP contribution in [-0.4, -0.2) is 22.2 Å². The van der Waals surface area contributed by atoms with Gasteiger partial charge in [0.2, 0.25) is 5.91 Å². The number of fused-ring (bicyclic) bond motifs is 1. The molecule has 0 saturated heterocycles. The normalized spacial score (nSPS) is 12.4. The Hall–Kier alpha value is -2.80. The van der Waals surface area contributed by atoms with E-state index in [2.05, 4.69) is 5.32 Å². The number of hydrogen-bond donors (Lipinski definition) is 2. The lowest BCUT2D eigenvalue weighted by Gasteiger charge is -2.15. The molecule has 120 valence electrons. The summed E-state index contributed by atoms with van der Waals surface area (Å²) < 4.78 is 11.6. The number of carbonyl (C=O) groups is 1. The van der Waals surface area contributed by atoms with Crippen molar-refractivity contribution in [1.29, 1.82) is 0 Å². The molecule has 1 aromatic carbocycles. The fraction of sp³-hybridized carbons (Fsp3) is 0.250. The molecule has 2 heterocycles. The second-order valence-electron chi connectivity index (χ2n) is 5.07. The molecule has 0 aliphatic heterocycles. The Morgan fingerprint density at radius 3 is 2.83 bits per heavy atom. The van der Waals surface area contributed by atoms with Crippen LogP contribution in [0.15, 0.2) is 56.3 Å². The van der Waals surface area contributed by atoms with Crippen molar-refractivity contribution in [2.75, 3.05) is 6.61 Å². The SMILES string of the molecule is O=C(Cn1c(=O)oc2ccccc21)NC(CCO)c1ccco1. The van der Waals surface area contributed by atoms with Crippen LogP contribution in [0.5, 0.6) is 0 Å². The summed E-state index contributed by atoms with van der Waals surface area (Å²) in [5.41, 5.74) is 0.993. The Labute approximate surface area is 131 Å². The number of aliphatic hydroxyl groups excluding tert-OH is 1. The summed E-state index contributed by atoms with van der Waals surface area (Å²) in [5.74, 6) is -0.400. The quantitative estimate of drug-likeness (QED) is 0.717. The standard InChI is InChI=1S/C16H16N2O5/c19-8-7-11(13-6-3-9-22-13)17-15(20)10-18-12-4-1-2-5-14(12)23-16(18)21/h1-6,9,11,19H,7-8,10H2,(H,17,20). The molecular formula is C16H16N2O5. The first-order chi connectivity index (χ1) is 11.2. The van der Waals surface area contributed by atoms with Crippen LogP contribution in [0, 0.1) is 0 Å². The van der Waals surface area contributed by atoms with Crippen LogP contribution in [-0.2, 0) is 11.3 Å². The van der Waals surface area contributed by atoms with E-state index in [1.54, 1.807) is 36.4 Å². The first-order valence-corrected chi connectivity index (χ1v) is 7.21. The van der Waals surface area contributed by atoms with Crippen molar-refractivity contribution in [2.45, 2.75) is 19.0 Å². The Morgan fingerprint density at radius 1 is 1.26 bits per heavy atom. The van der Waals surface area contributed by atoms with E-state index in [-0.39, 0.29) is 19.1 Å². The predicted molar refractivity (Wildman–Crippen MR) is 81.8 cm³/mol. The fourth-order valence-electron chi connectivity index (χ4n) is 2.45. The van der Waals surface area contributed by atoms with Gasteiger partial charge in [-0.25, -0.2) is 4.79 Å². The summed E-state index contributed by atoms with van der Waals surface area (Å²) in [6, 6.07) is 9.89. The molecule has 0 aliphatic carbocycles. The van der Waals surface area contributed by atoms with Gasteiger partial charge in [-0.1, -0.05) is 12.1 Å². The molecule has 1 atom stereocenters. The number of carbonyl (C=O) groups excluding carboxylic acids is 1. The van der Waals surface area contributed by atoms with Crippen molar-refractivity contribution in [3.05, 3.63) is 59.0 Å². The summed E-state index contributed by atoms with van der Waals surface area (Å²) in [6.07, 6.45) is 1.82. The van der Waals surface area contributed by atoms with E-state index < -0.39 is 11.8 Å². The Morgan fingerprint density at radius 2 is 2.09 bits per heavy atom. The van der Waals surface area contributed by atoms with E-state index in [9.17, 15) is 9.59 Å². The maximum absolute atomic E-state index is 12.3. The van der Waals surface area contributed by atoms with Gasteiger partial charge in [-0.15, -0.1) is 0 Å². The largest absolute Gasteiger partial charge is 0.467 e. The van der Waals surface area contributed by atoms with Gasteiger partial charge in [0, 0.05) is 6.61 Å². The smallest absolute Gasteiger partial charge is 0.420 e. The highest BCUT2D eigenvalue weighted by molar-refractivity contribution is 5.79. The Balaban J connectivity index is 1.78. The molecule has 0 bridgehead atoms. The van der Waals surface area contributed by atoms with E-state index in [0.29, 0.717) is 23.3 Å². The van der Waals surface area contributed by atoms with Crippen molar-refractivity contribution >= 4 is 17.0 Å². The molecule has 2 N–H and O–H groups in total. The van der Waals surface area contributed by atoms with Gasteiger partial charge >= 0.3 is 5.76 Å². The summed E-state index contributed by atoms with van der Waals surface area (Å²) in [7, 11) is 0. The maximum atomic E-state index is 12.3. The number of nitrogens with zero attached hydrogens (tertiary/aromatic N) is 1. The fourth-order valence-corrected chi connectivity index (χ4v) is 2.45. The third kappa shape index (κ3) is 3.19. The lowest BCUT2D eigenvalue weighted by molar-refractivity contribution is -0.122. The van der Waals surface area contributed by atoms with Gasteiger partial charge in [-0.05, 0) is 30.7 Å². The highest BCUT2D eigenvalue weighted by Crippen LogP contribution is 2.17. The van der Waals surface area contributed by atoms with E-state index in [1.165, 1.54) is 10.8 Å². The van der Waals surface area contributed by atoms with Crippen LogP contribution in [0.2, 0.25) is 0 Å². The zero-order chi connectivity index (χ0) is 16.2. The molecule has 1 unspecified atom stereocenters. The van der Waals surface area contributed by atoms with Gasteiger partial charge in [-0.2, -0.15) is 0 Å². The molecule has 7 heteroatoms. The molecule has 2 aromatic heterocycles. The number of hydrogen-bond acceptors (Lipinski definition) is 5. The number of benzene rings is 1. The zero-order valence-electron chi connectivity index (χ0n) is 12.3. The molecule has 0 aliphatic rings. The third-order valence-corrected chi connectivity index (χ3v) is 3.52. The van der Waals surface area contributed by atoms with Crippen LogP contribution in [0.4, 0.5) is 0 Å². The van der Waals surface area contributed by atoms with Crippen LogP contribution >= 0.6 is 0 Å². The number of para-hydroxylation sites is 2. The molecule has 23 heavy (non-hydrogen) atoms. The minimum atomic E-state index is -0.585. The Kier molecular flexibility index (Phi) is 4.29. The summed E-state index contributed by atoms with van der Waals surface area (Å²) in [4.78, 5) is 24.1. The lowest BCUT2D eigenvalue weighted by atomic mass is 10.1. The number of nitrogens with one attached hydrogen (secondary N) is 1. The second-order valence-corrected chi connectivity index (χ2v) is 5.07. The van der Waals surface area contributed by atoms with Gasteiger partial charge in [0.15, 0.2) is 5.58 Å². The number of furan rings is 1. The molecule has 3 aromatic rings. The van der Waals surface area contributed by atoms with Gasteiger partial charge in [0.1, 0.15) is 12.3 Å². The average molecular weight is 316 g/mol. The third-order valence-electron chi connectivity index (χ3n) is 3.52. The number of amides is 1. The van der Waals surface area contributed by atoms with Crippen molar-refractivity contribution < 1.29 is 18.7 Å². The van der Waals surface area contributed by atoms with Crippen LogP contribution < -0.4 is 11.1 Å². The maximum Gasteiger partial charge on any atom is 0.420 e. The van der Waals surface area contributed by atoms with E-state index >= 15 is 0 Å². The van der Waals surface area contributed by atoms with Gasteiger partial charge < -0.3 is 19.3 Å². The van der Waals surface area contributed by atoms with Crippen LogP contribution in [0.1, 0.15) is 18.2 Å². The lowest BCUT2D eigenvalue weighted by Crippen LogP contribution is -2.34. The highest BCUT2D eigenvalue weighted by Gasteiger charge is 2.18. The summed E-state index contributed by atoms with van der Waals surface area (Å²) in [5, 5.41) is 11.9. The zero-order valence-corrected chi connectivity index (χ0v) is 12.3. The van der Waals surface area contributed by atoms with Crippen molar-refractivity contribution in [1.82, 2.24) is 9.88 Å². The second kappa shape index (κ2) is 6.53. The molecule has 0 fully saturated rings. The minimum Gasteiger partial charge on any atom is -0.467 e. The molecule has 1 amide bonds. The van der Waals surface area contributed by atoms with Gasteiger partial charge in [0.05, 0.1) is 17.8 Å². The number of aliphatic hydroxyl groups is 1. The van der Waals surface area contributed by atoms with E-state index in [1.807, 2.05) is 0 Å². The van der Waals surface area contributed by atoms with Crippen molar-refractivity contribution in [2.24, 2.45) is 0 Å². The Bertz CT molecular complexity index is 847. The first-order valence-electron chi connectivity index (χ1n) is 7.21. The van der Waals surface area contributed by atoms with Gasteiger partial charge in [0.25, 0.3) is 0 Å². The van der Waals surface area contributed by atoms with E-state index in [0.717, 1.165) is 0 Å². The highest BCUT2D eigenvalue weighted by atomic mass is 16.4. The molecule has 0 radical (unpaired) electrons. The number of aromatic nitrogens is 1. The van der Waals surface area contributed by atoms with Crippen molar-refractivity contribution in [3.63, 3.8) is 0 Å². The average Bonchev–Trinajstić information content (AvgIpc) is 3.16. The van der Waals surface area contributed by atoms with Gasteiger partial charge in [-0.3, -0.25) is 9.36 Å². The number of oxazole rings is 1. The predicted octanol–water partition coefficient (Wildman–Crippen LogP) is 1.43. The van der Waals surface area contributed by atoms with E-state index in [4.69, 9.17) is 13.9 Å². The van der Waals surface area contributed by atoms with Crippen molar-refractivity contribution in [3.8, 4) is 0 Å². The number of rotatable bonds is 6. The molecule has 7 nitrogen and oxygen atoms in total. The molecule has 3 rings (SSSR count). The summed E-state index contributed by atoms with van der Waals surface area (Å²) >= 11 is 0. The minimum absolute atomic E-state index is 0.0970. The molecule has 0 spiro atoms. The topological polar surface area (TPSA) is 97.6 Å². The first kappa shape index (κ1) is 15.1. The molecular weight excluding hydrogens is 300 g/mol. The molecule has 0 saturated carbocycles. The van der Waals surface area contributed by atoms with Crippen LogP contribution in [0.3, 0.4) is 0 Å². The van der Waals surface area contributed by atoms with Crippen LogP contribution in [0.25, 0.3) is 11.1 Å². The monoisotopic (exact) mass is 316 g/mol. The summed E-state index contributed by atoms with van der Waals surface area (Å²) in [6.45, 7) is -0.265.